The first kappa shape index (κ1) is 24.1. The Balaban J connectivity index is 1.59. The minimum atomic E-state index is -0.356. The first-order chi connectivity index (χ1) is 16.1. The third-order valence-electron chi connectivity index (χ3n) is 4.42. The minimum Gasteiger partial charge on any atom is -0.490 e. The fourth-order valence-electron chi connectivity index (χ4n) is 2.85. The lowest BCUT2D eigenvalue weighted by molar-refractivity contribution is 0.0954. The summed E-state index contributed by atoms with van der Waals surface area (Å²) in [5, 5.41) is 4.06. The van der Waals surface area contributed by atoms with Crippen molar-refractivity contribution in [1.82, 2.24) is 5.43 Å². The molecule has 7 heteroatoms. The van der Waals surface area contributed by atoms with E-state index in [-0.39, 0.29) is 5.91 Å². The monoisotopic (exact) mass is 508 g/mol. The molecule has 0 aliphatic heterocycles. The molecular weight excluding hydrogens is 484 g/mol. The number of benzene rings is 3. The molecule has 0 saturated heterocycles. The summed E-state index contributed by atoms with van der Waals surface area (Å²) < 4.78 is 18.0. The van der Waals surface area contributed by atoms with Crippen LogP contribution in [0.25, 0.3) is 0 Å². The molecule has 170 valence electrons. The molecule has 0 aliphatic carbocycles. The lowest BCUT2D eigenvalue weighted by Crippen LogP contribution is -2.17. The standard InChI is InChI=1S/C26H25BrN2O4/c1-3-14-32-24-13-10-21(16-25(24)31-4-2)26(30)29-28-17-20-6-5-7-23(15-20)33-18-19-8-11-22(27)12-9-19/h3,5-13,15-17H,1,4,14,18H2,2H3,(H,29,30)/b28-17+. The molecule has 3 aromatic rings. The van der Waals surface area contributed by atoms with Crippen LogP contribution in [-0.2, 0) is 6.61 Å². The van der Waals surface area contributed by atoms with Gasteiger partial charge in [0.15, 0.2) is 11.5 Å². The second-order valence-electron chi connectivity index (χ2n) is 6.88. The molecule has 0 unspecified atom stereocenters. The number of halogens is 1. The maximum atomic E-state index is 12.5. The maximum absolute atomic E-state index is 12.5. The van der Waals surface area contributed by atoms with E-state index < -0.39 is 0 Å². The van der Waals surface area contributed by atoms with Crippen LogP contribution in [-0.4, -0.2) is 25.3 Å². The quantitative estimate of drug-likeness (QED) is 0.203. The van der Waals surface area contributed by atoms with E-state index in [1.165, 1.54) is 0 Å². The first-order valence-corrected chi connectivity index (χ1v) is 11.2. The Kier molecular flexibility index (Phi) is 9.08. The van der Waals surface area contributed by atoms with Crippen molar-refractivity contribution >= 4 is 28.1 Å². The maximum Gasteiger partial charge on any atom is 0.271 e. The topological polar surface area (TPSA) is 69.2 Å². The van der Waals surface area contributed by atoms with Crippen molar-refractivity contribution in [1.29, 1.82) is 0 Å². The summed E-state index contributed by atoms with van der Waals surface area (Å²) in [6.45, 7) is 6.76. The molecule has 0 saturated carbocycles. The Morgan fingerprint density at radius 3 is 2.61 bits per heavy atom. The second-order valence-corrected chi connectivity index (χ2v) is 7.80. The zero-order valence-electron chi connectivity index (χ0n) is 18.3. The number of carbonyl (C=O) groups excluding carboxylic acids is 1. The molecule has 0 fully saturated rings. The van der Waals surface area contributed by atoms with Gasteiger partial charge < -0.3 is 14.2 Å². The summed E-state index contributed by atoms with van der Waals surface area (Å²) in [4.78, 5) is 12.5. The SMILES string of the molecule is C=CCOc1ccc(C(=O)N/N=C/c2cccc(OCc3ccc(Br)cc3)c2)cc1OCC. The number of rotatable bonds is 11. The Bertz CT molecular complexity index is 1110. The van der Waals surface area contributed by atoms with Gasteiger partial charge >= 0.3 is 0 Å². The van der Waals surface area contributed by atoms with Gasteiger partial charge in [-0.25, -0.2) is 5.43 Å². The van der Waals surface area contributed by atoms with Crippen LogP contribution in [0.5, 0.6) is 17.2 Å². The molecule has 0 bridgehead atoms. The smallest absolute Gasteiger partial charge is 0.271 e. The Labute approximate surface area is 202 Å². The summed E-state index contributed by atoms with van der Waals surface area (Å²) in [5.74, 6) is 1.40. The van der Waals surface area contributed by atoms with Crippen LogP contribution in [0.15, 0.2) is 89.0 Å². The number of amides is 1. The van der Waals surface area contributed by atoms with Crippen molar-refractivity contribution in [3.8, 4) is 17.2 Å². The van der Waals surface area contributed by atoms with E-state index in [2.05, 4.69) is 33.0 Å². The Morgan fingerprint density at radius 1 is 1.03 bits per heavy atom. The van der Waals surface area contributed by atoms with Crippen molar-refractivity contribution in [2.24, 2.45) is 5.10 Å². The number of hydrogen-bond acceptors (Lipinski definition) is 5. The van der Waals surface area contributed by atoms with Gasteiger partial charge in [-0.2, -0.15) is 5.10 Å². The molecule has 0 aromatic heterocycles. The number of nitrogens with zero attached hydrogens (tertiary/aromatic N) is 1. The fraction of sp³-hybridized carbons (Fsp3) is 0.154. The van der Waals surface area contributed by atoms with E-state index in [4.69, 9.17) is 14.2 Å². The molecule has 1 amide bonds. The van der Waals surface area contributed by atoms with Gasteiger partial charge in [-0.3, -0.25) is 4.79 Å². The summed E-state index contributed by atoms with van der Waals surface area (Å²) in [7, 11) is 0. The van der Waals surface area contributed by atoms with Gasteiger partial charge in [-0.15, -0.1) is 0 Å². The van der Waals surface area contributed by atoms with Crippen LogP contribution >= 0.6 is 15.9 Å². The predicted octanol–water partition coefficient (Wildman–Crippen LogP) is 5.76. The van der Waals surface area contributed by atoms with E-state index in [1.807, 2.05) is 55.5 Å². The van der Waals surface area contributed by atoms with Crippen LogP contribution < -0.4 is 19.6 Å². The average molecular weight is 509 g/mol. The van der Waals surface area contributed by atoms with Crippen molar-refractivity contribution in [2.45, 2.75) is 13.5 Å². The summed E-state index contributed by atoms with van der Waals surface area (Å²) in [5.41, 5.74) is 4.81. The number of carbonyl (C=O) groups is 1. The highest BCUT2D eigenvalue weighted by molar-refractivity contribution is 9.10. The normalized spacial score (nSPS) is 10.6. The Hall–Kier alpha value is -3.58. The van der Waals surface area contributed by atoms with E-state index in [1.54, 1.807) is 30.5 Å². The fourth-order valence-corrected chi connectivity index (χ4v) is 3.11. The molecular formula is C26H25BrN2O4. The molecule has 0 heterocycles. The van der Waals surface area contributed by atoms with Crippen molar-refractivity contribution in [3.05, 3.63) is 101 Å². The average Bonchev–Trinajstić information content (AvgIpc) is 2.83. The van der Waals surface area contributed by atoms with E-state index in [0.29, 0.717) is 42.6 Å². The number of ether oxygens (including phenoxy) is 3. The molecule has 0 atom stereocenters. The first-order valence-electron chi connectivity index (χ1n) is 10.4. The van der Waals surface area contributed by atoms with Crippen molar-refractivity contribution < 1.29 is 19.0 Å². The molecule has 33 heavy (non-hydrogen) atoms. The van der Waals surface area contributed by atoms with Crippen LogP contribution in [0.3, 0.4) is 0 Å². The lowest BCUT2D eigenvalue weighted by atomic mass is 10.2. The number of hydrogen-bond donors (Lipinski definition) is 1. The molecule has 3 rings (SSSR count). The molecule has 0 radical (unpaired) electrons. The van der Waals surface area contributed by atoms with Crippen LogP contribution in [0.2, 0.25) is 0 Å². The molecule has 6 nitrogen and oxygen atoms in total. The second kappa shape index (κ2) is 12.5. The highest BCUT2D eigenvalue weighted by Crippen LogP contribution is 2.28. The Morgan fingerprint density at radius 2 is 1.85 bits per heavy atom. The van der Waals surface area contributed by atoms with E-state index in [0.717, 1.165) is 15.6 Å². The van der Waals surface area contributed by atoms with Gasteiger partial charge in [0.05, 0.1) is 12.8 Å². The van der Waals surface area contributed by atoms with Crippen LogP contribution in [0, 0.1) is 0 Å². The highest BCUT2D eigenvalue weighted by atomic mass is 79.9. The van der Waals surface area contributed by atoms with Gasteiger partial charge in [0.25, 0.3) is 5.91 Å². The molecule has 0 aliphatic rings. The van der Waals surface area contributed by atoms with Gasteiger partial charge in [0.2, 0.25) is 0 Å². The predicted molar refractivity (Wildman–Crippen MR) is 133 cm³/mol. The van der Waals surface area contributed by atoms with Crippen LogP contribution in [0.1, 0.15) is 28.4 Å². The molecule has 3 aromatic carbocycles. The van der Waals surface area contributed by atoms with E-state index in [9.17, 15) is 4.79 Å². The van der Waals surface area contributed by atoms with Crippen LogP contribution in [0.4, 0.5) is 0 Å². The highest BCUT2D eigenvalue weighted by Gasteiger charge is 2.11. The van der Waals surface area contributed by atoms with Crippen molar-refractivity contribution in [2.75, 3.05) is 13.2 Å². The third-order valence-corrected chi connectivity index (χ3v) is 4.95. The van der Waals surface area contributed by atoms with Gasteiger partial charge in [0.1, 0.15) is 19.0 Å². The van der Waals surface area contributed by atoms with Gasteiger partial charge in [-0.1, -0.05) is 52.9 Å². The van der Waals surface area contributed by atoms with Gasteiger partial charge in [-0.05, 0) is 60.5 Å². The zero-order chi connectivity index (χ0) is 23.5. The molecule has 1 N–H and O–H groups in total. The number of hydrazone groups is 1. The summed E-state index contributed by atoms with van der Waals surface area (Å²) >= 11 is 3.42. The third kappa shape index (κ3) is 7.50. The van der Waals surface area contributed by atoms with Gasteiger partial charge in [0, 0.05) is 10.0 Å². The summed E-state index contributed by atoms with van der Waals surface area (Å²) in [6.07, 6.45) is 3.21. The number of nitrogens with one attached hydrogen (secondary N) is 1. The largest absolute Gasteiger partial charge is 0.490 e. The van der Waals surface area contributed by atoms with Crippen molar-refractivity contribution in [3.63, 3.8) is 0 Å². The van der Waals surface area contributed by atoms with E-state index >= 15 is 0 Å². The lowest BCUT2D eigenvalue weighted by Gasteiger charge is -2.12. The molecule has 0 spiro atoms. The summed E-state index contributed by atoms with van der Waals surface area (Å²) in [6, 6.07) is 20.4. The zero-order valence-corrected chi connectivity index (χ0v) is 19.9. The minimum absolute atomic E-state index is 0.349.